The van der Waals surface area contributed by atoms with Crippen molar-refractivity contribution in [3.8, 4) is 11.4 Å². The number of imidazole rings is 1. The van der Waals surface area contributed by atoms with Gasteiger partial charge in [0.25, 0.3) is 0 Å². The molecule has 0 radical (unpaired) electrons. The first-order valence-electron chi connectivity index (χ1n) is 5.73. The molecule has 0 saturated carbocycles. The minimum absolute atomic E-state index is 0.252. The van der Waals surface area contributed by atoms with Crippen LogP contribution >= 0.6 is 15.9 Å². The minimum atomic E-state index is -0.252. The summed E-state index contributed by atoms with van der Waals surface area (Å²) in [6.07, 6.45) is 3.40. The zero-order valence-corrected chi connectivity index (χ0v) is 10.9. The van der Waals surface area contributed by atoms with Crippen LogP contribution in [0.25, 0.3) is 11.4 Å². The van der Waals surface area contributed by atoms with Crippen molar-refractivity contribution in [2.75, 3.05) is 0 Å². The van der Waals surface area contributed by atoms with Gasteiger partial charge in [-0.15, -0.1) is 0 Å². The second-order valence-corrected chi connectivity index (χ2v) is 5.21. The second-order valence-electron chi connectivity index (χ2n) is 4.36. The van der Waals surface area contributed by atoms with Gasteiger partial charge in [0, 0.05) is 21.9 Å². The van der Waals surface area contributed by atoms with Gasteiger partial charge < -0.3 is 9.67 Å². The Kier molecular flexibility index (Phi) is 2.76. The summed E-state index contributed by atoms with van der Waals surface area (Å²) in [5.74, 6) is 0.936. The van der Waals surface area contributed by atoms with Crippen LogP contribution in [0.4, 0.5) is 0 Å². The average Bonchev–Trinajstić information content (AvgIpc) is 2.72. The zero-order chi connectivity index (χ0) is 11.8. The van der Waals surface area contributed by atoms with E-state index in [-0.39, 0.29) is 6.10 Å². The van der Waals surface area contributed by atoms with E-state index in [0.717, 1.165) is 28.7 Å². The van der Waals surface area contributed by atoms with Gasteiger partial charge >= 0.3 is 0 Å². The molecule has 0 aliphatic carbocycles. The highest BCUT2D eigenvalue weighted by Crippen LogP contribution is 2.29. The number of nitrogens with zero attached hydrogens (tertiary/aromatic N) is 2. The van der Waals surface area contributed by atoms with Crippen LogP contribution in [0.3, 0.4) is 0 Å². The molecule has 1 atom stereocenters. The maximum absolute atomic E-state index is 9.75. The largest absolute Gasteiger partial charge is 0.391 e. The Morgan fingerprint density at radius 2 is 2.18 bits per heavy atom. The number of hydrogen-bond acceptors (Lipinski definition) is 2. The van der Waals surface area contributed by atoms with Crippen molar-refractivity contribution >= 4 is 15.9 Å². The molecule has 1 aliphatic heterocycles. The van der Waals surface area contributed by atoms with Crippen molar-refractivity contribution in [1.82, 2.24) is 9.55 Å². The Bertz CT molecular complexity index is 550. The van der Waals surface area contributed by atoms with Crippen molar-refractivity contribution in [2.45, 2.75) is 25.5 Å². The van der Waals surface area contributed by atoms with E-state index in [1.54, 1.807) is 0 Å². The summed E-state index contributed by atoms with van der Waals surface area (Å²) in [4.78, 5) is 4.49. The Labute approximate surface area is 108 Å². The lowest BCUT2D eigenvalue weighted by molar-refractivity contribution is 0.132. The van der Waals surface area contributed by atoms with Crippen LogP contribution in [0, 0.1) is 0 Å². The molecule has 0 bridgehead atoms. The van der Waals surface area contributed by atoms with Gasteiger partial charge in [-0.1, -0.05) is 34.1 Å². The molecule has 0 amide bonds. The Morgan fingerprint density at radius 3 is 3.00 bits per heavy atom. The maximum atomic E-state index is 9.75. The molecule has 1 N–H and O–H groups in total. The zero-order valence-electron chi connectivity index (χ0n) is 9.31. The van der Waals surface area contributed by atoms with Crippen LogP contribution in [0.1, 0.15) is 12.1 Å². The van der Waals surface area contributed by atoms with E-state index in [0.29, 0.717) is 6.54 Å². The van der Waals surface area contributed by atoms with E-state index in [2.05, 4.69) is 25.5 Å². The molecule has 1 aromatic carbocycles. The summed E-state index contributed by atoms with van der Waals surface area (Å²) >= 11 is 3.54. The van der Waals surface area contributed by atoms with Gasteiger partial charge in [-0.2, -0.15) is 0 Å². The van der Waals surface area contributed by atoms with Crippen molar-refractivity contribution in [1.29, 1.82) is 0 Å². The van der Waals surface area contributed by atoms with E-state index < -0.39 is 0 Å². The van der Waals surface area contributed by atoms with E-state index in [4.69, 9.17) is 0 Å². The molecule has 3 nitrogen and oxygen atoms in total. The molecule has 3 rings (SSSR count). The molecular formula is C13H13BrN2O. The van der Waals surface area contributed by atoms with Gasteiger partial charge in [0.2, 0.25) is 0 Å². The first-order chi connectivity index (χ1) is 8.25. The number of halogens is 1. The Balaban J connectivity index is 2.11. The number of aryl methyl sites for hydroxylation is 1. The first kappa shape index (κ1) is 11.0. The number of fused-ring (bicyclic) bond motifs is 1. The fourth-order valence-electron chi connectivity index (χ4n) is 2.29. The highest BCUT2D eigenvalue weighted by Gasteiger charge is 2.21. The number of aliphatic hydroxyl groups excluding tert-OH is 1. The molecule has 2 heterocycles. The molecule has 1 aromatic heterocycles. The molecule has 17 heavy (non-hydrogen) atoms. The monoisotopic (exact) mass is 292 g/mol. The summed E-state index contributed by atoms with van der Waals surface area (Å²) in [6.45, 7) is 0.645. The number of benzene rings is 1. The first-order valence-corrected chi connectivity index (χ1v) is 6.52. The standard InChI is InChI=1S/C13H13BrN2O/c14-12-4-2-1-3-11(12)13-15-7-9-5-6-10(17)8-16(9)13/h1-4,7,10,17H,5-6,8H2. The third-order valence-corrected chi connectivity index (χ3v) is 3.87. The predicted octanol–water partition coefficient (Wildman–Crippen LogP) is 2.62. The average molecular weight is 293 g/mol. The van der Waals surface area contributed by atoms with Crippen molar-refractivity contribution in [3.05, 3.63) is 40.6 Å². The molecule has 0 spiro atoms. The van der Waals surface area contributed by atoms with Gasteiger partial charge in [-0.05, 0) is 18.9 Å². The van der Waals surface area contributed by atoms with Crippen LogP contribution in [-0.2, 0) is 13.0 Å². The van der Waals surface area contributed by atoms with Gasteiger partial charge in [0.15, 0.2) is 0 Å². The number of rotatable bonds is 1. The molecular weight excluding hydrogens is 280 g/mol. The molecule has 0 saturated heterocycles. The SMILES string of the molecule is OC1CCc2cnc(-c3ccccc3Br)n2C1. The van der Waals surface area contributed by atoms with Gasteiger partial charge in [0.1, 0.15) is 5.82 Å². The van der Waals surface area contributed by atoms with E-state index in [1.165, 1.54) is 5.69 Å². The van der Waals surface area contributed by atoms with Crippen molar-refractivity contribution in [3.63, 3.8) is 0 Å². The van der Waals surface area contributed by atoms with Gasteiger partial charge in [-0.3, -0.25) is 0 Å². The predicted molar refractivity (Wildman–Crippen MR) is 69.7 cm³/mol. The fourth-order valence-corrected chi connectivity index (χ4v) is 2.75. The second kappa shape index (κ2) is 4.27. The number of aromatic nitrogens is 2. The van der Waals surface area contributed by atoms with Gasteiger partial charge in [-0.25, -0.2) is 4.98 Å². The third-order valence-electron chi connectivity index (χ3n) is 3.18. The molecule has 0 fully saturated rings. The molecule has 1 unspecified atom stereocenters. The highest BCUT2D eigenvalue weighted by atomic mass is 79.9. The summed E-state index contributed by atoms with van der Waals surface area (Å²) in [7, 11) is 0. The van der Waals surface area contributed by atoms with Crippen LogP contribution in [0.2, 0.25) is 0 Å². The topological polar surface area (TPSA) is 38.1 Å². The van der Waals surface area contributed by atoms with Gasteiger partial charge in [0.05, 0.1) is 12.6 Å². The molecule has 4 heteroatoms. The lowest BCUT2D eigenvalue weighted by Gasteiger charge is -2.21. The lowest BCUT2D eigenvalue weighted by atomic mass is 10.1. The third kappa shape index (κ3) is 1.91. The molecule has 2 aromatic rings. The van der Waals surface area contributed by atoms with Crippen LogP contribution in [0.5, 0.6) is 0 Å². The van der Waals surface area contributed by atoms with Crippen LogP contribution < -0.4 is 0 Å². The minimum Gasteiger partial charge on any atom is -0.391 e. The number of aliphatic hydroxyl groups is 1. The Hall–Kier alpha value is -1.13. The highest BCUT2D eigenvalue weighted by molar-refractivity contribution is 9.10. The fraction of sp³-hybridized carbons (Fsp3) is 0.308. The summed E-state index contributed by atoms with van der Waals surface area (Å²) in [5, 5.41) is 9.75. The molecule has 1 aliphatic rings. The Morgan fingerprint density at radius 1 is 1.35 bits per heavy atom. The van der Waals surface area contributed by atoms with E-state index >= 15 is 0 Å². The maximum Gasteiger partial charge on any atom is 0.141 e. The lowest BCUT2D eigenvalue weighted by Crippen LogP contribution is -2.24. The summed E-state index contributed by atoms with van der Waals surface area (Å²) in [5.41, 5.74) is 2.29. The van der Waals surface area contributed by atoms with E-state index in [1.807, 2.05) is 30.5 Å². The summed E-state index contributed by atoms with van der Waals surface area (Å²) in [6, 6.07) is 8.04. The van der Waals surface area contributed by atoms with Crippen molar-refractivity contribution in [2.24, 2.45) is 0 Å². The summed E-state index contributed by atoms with van der Waals surface area (Å²) < 4.78 is 3.15. The van der Waals surface area contributed by atoms with Crippen LogP contribution in [-0.4, -0.2) is 20.8 Å². The smallest absolute Gasteiger partial charge is 0.141 e. The normalized spacial score (nSPS) is 19.1. The van der Waals surface area contributed by atoms with Crippen molar-refractivity contribution < 1.29 is 5.11 Å². The molecule has 88 valence electrons. The van der Waals surface area contributed by atoms with E-state index in [9.17, 15) is 5.11 Å². The number of hydrogen-bond donors (Lipinski definition) is 1. The quantitative estimate of drug-likeness (QED) is 0.877. The van der Waals surface area contributed by atoms with Crippen LogP contribution in [0.15, 0.2) is 34.9 Å².